The number of piperazine rings is 1. The van der Waals surface area contributed by atoms with Crippen molar-refractivity contribution in [2.75, 3.05) is 19.6 Å². The van der Waals surface area contributed by atoms with Gasteiger partial charge in [0.2, 0.25) is 5.91 Å². The fourth-order valence-electron chi connectivity index (χ4n) is 2.41. The molecule has 1 aliphatic rings. The van der Waals surface area contributed by atoms with Gasteiger partial charge in [-0.05, 0) is 24.6 Å². The minimum Gasteiger partial charge on any atom is -0.368 e. The maximum absolute atomic E-state index is 11.5. The van der Waals surface area contributed by atoms with E-state index in [-0.39, 0.29) is 18.0 Å². The molecule has 1 aliphatic heterocycles. The van der Waals surface area contributed by atoms with Crippen LogP contribution in [0.2, 0.25) is 10.0 Å². The standard InChI is InChI=1S/C13H17Cl2N3O/c1-8(9-2-3-10(14)11(15)6-9)18-5-4-17-7-12(18)13(16)19/h2-3,6,8,12,17H,4-5,7H2,1H3,(H2,16,19). The van der Waals surface area contributed by atoms with Gasteiger partial charge in [0.15, 0.2) is 0 Å². The fourth-order valence-corrected chi connectivity index (χ4v) is 2.72. The SMILES string of the molecule is CC(c1ccc(Cl)c(Cl)c1)N1CCNCC1C(N)=O. The third-order valence-corrected chi connectivity index (χ3v) is 4.28. The topological polar surface area (TPSA) is 58.4 Å². The smallest absolute Gasteiger partial charge is 0.236 e. The Hall–Kier alpha value is -0.810. The molecule has 4 nitrogen and oxygen atoms in total. The molecule has 1 aromatic carbocycles. The number of nitrogens with one attached hydrogen (secondary N) is 1. The van der Waals surface area contributed by atoms with Gasteiger partial charge in [0, 0.05) is 25.7 Å². The number of hydrogen-bond acceptors (Lipinski definition) is 3. The highest BCUT2D eigenvalue weighted by molar-refractivity contribution is 6.42. The van der Waals surface area contributed by atoms with Crippen LogP contribution in [-0.2, 0) is 4.79 Å². The summed E-state index contributed by atoms with van der Waals surface area (Å²) in [7, 11) is 0. The second kappa shape index (κ2) is 6.09. The zero-order valence-corrected chi connectivity index (χ0v) is 12.2. The van der Waals surface area contributed by atoms with Gasteiger partial charge in [-0.25, -0.2) is 0 Å². The third-order valence-electron chi connectivity index (χ3n) is 3.54. The number of carbonyl (C=O) groups excluding carboxylic acids is 1. The summed E-state index contributed by atoms with van der Waals surface area (Å²) < 4.78 is 0. The second-order valence-electron chi connectivity index (χ2n) is 4.71. The molecule has 0 saturated carbocycles. The highest BCUT2D eigenvalue weighted by atomic mass is 35.5. The number of benzene rings is 1. The van der Waals surface area contributed by atoms with E-state index in [2.05, 4.69) is 10.2 Å². The fraction of sp³-hybridized carbons (Fsp3) is 0.462. The highest BCUT2D eigenvalue weighted by Crippen LogP contribution is 2.29. The van der Waals surface area contributed by atoms with Crippen molar-refractivity contribution in [3.8, 4) is 0 Å². The van der Waals surface area contributed by atoms with Crippen LogP contribution in [0.5, 0.6) is 0 Å². The van der Waals surface area contributed by atoms with E-state index < -0.39 is 0 Å². The summed E-state index contributed by atoms with van der Waals surface area (Å²) in [4.78, 5) is 13.6. The van der Waals surface area contributed by atoms with Crippen LogP contribution in [0.15, 0.2) is 18.2 Å². The summed E-state index contributed by atoms with van der Waals surface area (Å²) >= 11 is 12.0. The number of amides is 1. The van der Waals surface area contributed by atoms with Gasteiger partial charge < -0.3 is 11.1 Å². The van der Waals surface area contributed by atoms with E-state index in [0.717, 1.165) is 18.7 Å². The second-order valence-corrected chi connectivity index (χ2v) is 5.52. The van der Waals surface area contributed by atoms with Crippen LogP contribution in [0.25, 0.3) is 0 Å². The van der Waals surface area contributed by atoms with Crippen LogP contribution in [0.3, 0.4) is 0 Å². The number of halogens is 2. The number of nitrogens with zero attached hydrogens (tertiary/aromatic N) is 1. The van der Waals surface area contributed by atoms with Crippen molar-refractivity contribution in [1.29, 1.82) is 0 Å². The first kappa shape index (κ1) is 14.6. The van der Waals surface area contributed by atoms with Crippen molar-refractivity contribution in [2.45, 2.75) is 19.0 Å². The van der Waals surface area contributed by atoms with Crippen LogP contribution in [0.1, 0.15) is 18.5 Å². The average Bonchev–Trinajstić information content (AvgIpc) is 2.41. The van der Waals surface area contributed by atoms with Gasteiger partial charge in [-0.3, -0.25) is 9.69 Å². The first-order valence-electron chi connectivity index (χ1n) is 6.21. The molecule has 0 bridgehead atoms. The van der Waals surface area contributed by atoms with Crippen molar-refractivity contribution in [3.63, 3.8) is 0 Å². The highest BCUT2D eigenvalue weighted by Gasteiger charge is 2.30. The zero-order chi connectivity index (χ0) is 14.0. The summed E-state index contributed by atoms with van der Waals surface area (Å²) in [5.74, 6) is -0.306. The van der Waals surface area contributed by atoms with Gasteiger partial charge in [-0.1, -0.05) is 29.3 Å². The van der Waals surface area contributed by atoms with Gasteiger partial charge in [-0.2, -0.15) is 0 Å². The van der Waals surface area contributed by atoms with Crippen molar-refractivity contribution in [1.82, 2.24) is 10.2 Å². The molecule has 3 N–H and O–H groups in total. The molecular formula is C13H17Cl2N3O. The van der Waals surface area contributed by atoms with Crippen LogP contribution < -0.4 is 11.1 Å². The number of carbonyl (C=O) groups is 1. The summed E-state index contributed by atoms with van der Waals surface area (Å²) in [5, 5.41) is 4.24. The molecule has 0 radical (unpaired) electrons. The molecule has 6 heteroatoms. The molecule has 0 spiro atoms. The van der Waals surface area contributed by atoms with Crippen LogP contribution >= 0.6 is 23.2 Å². The summed E-state index contributed by atoms with van der Waals surface area (Å²) in [6.07, 6.45) is 0. The minimum atomic E-state index is -0.306. The van der Waals surface area contributed by atoms with Crippen molar-refractivity contribution in [2.24, 2.45) is 5.73 Å². The molecule has 1 aromatic rings. The Labute approximate surface area is 122 Å². The van der Waals surface area contributed by atoms with Gasteiger partial charge in [0.05, 0.1) is 10.0 Å². The Kier molecular flexibility index (Phi) is 4.68. The average molecular weight is 302 g/mol. The Bertz CT molecular complexity index is 481. The summed E-state index contributed by atoms with van der Waals surface area (Å²) in [6.45, 7) is 4.24. The molecule has 1 amide bonds. The Balaban J connectivity index is 2.23. The number of hydrogen-bond donors (Lipinski definition) is 2. The molecule has 104 valence electrons. The Morgan fingerprint density at radius 3 is 2.84 bits per heavy atom. The number of primary amides is 1. The lowest BCUT2D eigenvalue weighted by Crippen LogP contribution is -2.57. The van der Waals surface area contributed by atoms with Crippen LogP contribution in [0, 0.1) is 0 Å². The van der Waals surface area contributed by atoms with Crippen molar-refractivity contribution in [3.05, 3.63) is 33.8 Å². The van der Waals surface area contributed by atoms with Gasteiger partial charge in [0.1, 0.15) is 6.04 Å². The van der Waals surface area contributed by atoms with Crippen molar-refractivity contribution >= 4 is 29.1 Å². The normalized spacial score (nSPS) is 22.2. The quantitative estimate of drug-likeness (QED) is 0.895. The molecule has 2 rings (SSSR count). The van der Waals surface area contributed by atoms with Gasteiger partial charge in [-0.15, -0.1) is 0 Å². The van der Waals surface area contributed by atoms with Gasteiger partial charge >= 0.3 is 0 Å². The molecule has 2 unspecified atom stereocenters. The Morgan fingerprint density at radius 1 is 1.47 bits per heavy atom. The maximum Gasteiger partial charge on any atom is 0.236 e. The lowest BCUT2D eigenvalue weighted by molar-refractivity contribution is -0.124. The van der Waals surface area contributed by atoms with E-state index in [1.54, 1.807) is 6.07 Å². The van der Waals surface area contributed by atoms with E-state index in [9.17, 15) is 4.79 Å². The minimum absolute atomic E-state index is 0.0642. The number of nitrogens with two attached hydrogens (primary N) is 1. The van der Waals surface area contributed by atoms with Gasteiger partial charge in [0.25, 0.3) is 0 Å². The van der Waals surface area contributed by atoms with E-state index in [4.69, 9.17) is 28.9 Å². The molecule has 1 fully saturated rings. The van der Waals surface area contributed by atoms with Crippen LogP contribution in [0.4, 0.5) is 0 Å². The van der Waals surface area contributed by atoms with E-state index >= 15 is 0 Å². The first-order valence-corrected chi connectivity index (χ1v) is 6.97. The maximum atomic E-state index is 11.5. The summed E-state index contributed by atoms with van der Waals surface area (Å²) in [6, 6.07) is 5.32. The molecule has 0 aromatic heterocycles. The Morgan fingerprint density at radius 2 is 2.21 bits per heavy atom. The molecule has 19 heavy (non-hydrogen) atoms. The van der Waals surface area contributed by atoms with Crippen molar-refractivity contribution < 1.29 is 4.79 Å². The van der Waals surface area contributed by atoms with Crippen LogP contribution in [-0.4, -0.2) is 36.5 Å². The zero-order valence-electron chi connectivity index (χ0n) is 10.7. The lowest BCUT2D eigenvalue weighted by Gasteiger charge is -2.38. The van der Waals surface area contributed by atoms with E-state index in [1.807, 2.05) is 19.1 Å². The first-order chi connectivity index (χ1) is 9.00. The number of rotatable bonds is 3. The largest absolute Gasteiger partial charge is 0.368 e. The molecule has 0 aliphatic carbocycles. The molecule has 1 heterocycles. The molecule has 2 atom stereocenters. The predicted molar refractivity (Wildman–Crippen MR) is 77.4 cm³/mol. The molecular weight excluding hydrogens is 285 g/mol. The molecule has 1 saturated heterocycles. The third kappa shape index (κ3) is 3.20. The van der Waals surface area contributed by atoms with E-state index in [1.165, 1.54) is 0 Å². The monoisotopic (exact) mass is 301 g/mol. The lowest BCUT2D eigenvalue weighted by atomic mass is 10.0. The summed E-state index contributed by atoms with van der Waals surface area (Å²) in [5.41, 5.74) is 6.49. The van der Waals surface area contributed by atoms with E-state index in [0.29, 0.717) is 16.6 Å². The predicted octanol–water partition coefficient (Wildman–Crippen LogP) is 1.81.